The molecule has 7 heteroatoms. The molecular weight excluding hydrogens is 328 g/mol. The summed E-state index contributed by atoms with van der Waals surface area (Å²) >= 11 is 5.09. The number of rotatable bonds is 4. The molecule has 0 N–H and O–H groups in total. The van der Waals surface area contributed by atoms with E-state index in [2.05, 4.69) is 31.4 Å². The summed E-state index contributed by atoms with van der Waals surface area (Å²) in [7, 11) is 0. The normalized spacial score (nSPS) is 12.7. The Morgan fingerprint density at radius 1 is 1.53 bits per heavy atom. The summed E-state index contributed by atoms with van der Waals surface area (Å²) in [5.74, 6) is 0.791. The zero-order chi connectivity index (χ0) is 13.2. The topological polar surface area (TPSA) is 56.7 Å². The van der Waals surface area contributed by atoms with Crippen molar-refractivity contribution in [1.82, 2.24) is 20.2 Å². The van der Waals surface area contributed by atoms with Gasteiger partial charge in [0.2, 0.25) is 0 Å². The van der Waals surface area contributed by atoms with Crippen LogP contribution in [-0.2, 0) is 6.54 Å². The first-order valence-electron chi connectivity index (χ1n) is 5.76. The zero-order valence-electron chi connectivity index (χ0n) is 10.2. The Kier molecular flexibility index (Phi) is 3.48. The second kappa shape index (κ2) is 5.26. The van der Waals surface area contributed by atoms with E-state index in [0.717, 1.165) is 22.0 Å². The third kappa shape index (κ3) is 2.76. The summed E-state index contributed by atoms with van der Waals surface area (Å²) in [4.78, 5) is 1.27. The highest BCUT2D eigenvalue weighted by Crippen LogP contribution is 2.25. The van der Waals surface area contributed by atoms with Crippen molar-refractivity contribution in [3.8, 4) is 10.6 Å². The number of aromatic nitrogens is 4. The number of hydrogen-bond acceptors (Lipinski definition) is 5. The van der Waals surface area contributed by atoms with E-state index in [4.69, 9.17) is 4.52 Å². The molecule has 1 unspecified atom stereocenters. The first-order chi connectivity index (χ1) is 9.22. The second-order valence-corrected chi connectivity index (χ2v) is 6.44. The molecule has 5 nitrogen and oxygen atoms in total. The lowest BCUT2D eigenvalue weighted by atomic mass is 10.3. The quantitative estimate of drug-likeness (QED) is 0.683. The van der Waals surface area contributed by atoms with Crippen LogP contribution in [0.2, 0.25) is 0 Å². The van der Waals surface area contributed by atoms with Crippen molar-refractivity contribution in [1.29, 1.82) is 0 Å². The molecule has 0 spiro atoms. The van der Waals surface area contributed by atoms with Crippen LogP contribution in [0.1, 0.15) is 23.1 Å². The van der Waals surface area contributed by atoms with Crippen molar-refractivity contribution in [2.45, 2.75) is 18.3 Å². The zero-order valence-corrected chi connectivity index (χ0v) is 12.6. The van der Waals surface area contributed by atoms with E-state index in [0.29, 0.717) is 6.54 Å². The minimum absolute atomic E-state index is 0.195. The summed E-state index contributed by atoms with van der Waals surface area (Å²) in [6.45, 7) is 2.57. The molecule has 0 aromatic carbocycles. The van der Waals surface area contributed by atoms with Gasteiger partial charge in [-0.3, -0.25) is 0 Å². The van der Waals surface area contributed by atoms with Crippen LogP contribution in [-0.4, -0.2) is 20.2 Å². The summed E-state index contributed by atoms with van der Waals surface area (Å²) in [5, 5.41) is 14.2. The highest BCUT2D eigenvalue weighted by molar-refractivity contribution is 9.09. The summed E-state index contributed by atoms with van der Waals surface area (Å²) in [6, 6.07) is 5.93. The Balaban J connectivity index is 1.76. The van der Waals surface area contributed by atoms with E-state index < -0.39 is 0 Å². The third-order valence-electron chi connectivity index (χ3n) is 2.61. The number of alkyl halides is 1. The predicted octanol–water partition coefficient (Wildman–Crippen LogP) is 3.50. The minimum Gasteiger partial charge on any atom is -0.355 e. The lowest BCUT2D eigenvalue weighted by Gasteiger charge is -1.94. The Bertz CT molecular complexity index is 659. The molecule has 0 saturated carbocycles. The Morgan fingerprint density at radius 3 is 3.11 bits per heavy atom. The molecular formula is C12H11BrN4OS. The lowest BCUT2D eigenvalue weighted by molar-refractivity contribution is 0.419. The molecule has 0 bridgehead atoms. The Morgan fingerprint density at radius 2 is 2.42 bits per heavy atom. The average molecular weight is 339 g/mol. The van der Waals surface area contributed by atoms with Crippen molar-refractivity contribution in [3.05, 3.63) is 41.2 Å². The fourth-order valence-corrected chi connectivity index (χ4v) is 2.54. The van der Waals surface area contributed by atoms with E-state index in [1.54, 1.807) is 16.0 Å². The SMILES string of the molecule is CC(Br)c1cn(Cc2cc(-c3cccs3)on2)nn1. The maximum atomic E-state index is 5.33. The molecule has 0 saturated heterocycles. The van der Waals surface area contributed by atoms with Gasteiger partial charge in [-0.2, -0.15) is 0 Å². The largest absolute Gasteiger partial charge is 0.355 e. The Labute approximate surface area is 122 Å². The molecule has 98 valence electrons. The van der Waals surface area contributed by atoms with Crippen molar-refractivity contribution in [3.63, 3.8) is 0 Å². The van der Waals surface area contributed by atoms with Gasteiger partial charge in [-0.25, -0.2) is 4.68 Å². The van der Waals surface area contributed by atoms with Gasteiger partial charge >= 0.3 is 0 Å². The van der Waals surface area contributed by atoms with Crippen LogP contribution in [0.25, 0.3) is 10.6 Å². The first-order valence-corrected chi connectivity index (χ1v) is 7.55. The summed E-state index contributed by atoms with van der Waals surface area (Å²) < 4.78 is 7.08. The van der Waals surface area contributed by atoms with Gasteiger partial charge in [-0.05, 0) is 18.4 Å². The van der Waals surface area contributed by atoms with Gasteiger partial charge in [0.15, 0.2) is 5.76 Å². The molecule has 0 fully saturated rings. The molecule has 3 heterocycles. The number of halogens is 1. The fraction of sp³-hybridized carbons (Fsp3) is 0.250. The van der Waals surface area contributed by atoms with E-state index in [-0.39, 0.29) is 4.83 Å². The van der Waals surface area contributed by atoms with Gasteiger partial charge in [0.25, 0.3) is 0 Å². The molecule has 0 aliphatic heterocycles. The van der Waals surface area contributed by atoms with Crippen molar-refractivity contribution < 1.29 is 4.52 Å². The van der Waals surface area contributed by atoms with E-state index in [1.807, 2.05) is 36.7 Å². The standard InChI is InChI=1S/C12H11BrN4OS/c1-8(13)10-7-17(16-14-10)6-9-5-11(18-15-9)12-3-2-4-19-12/h2-5,7-8H,6H2,1H3. The van der Waals surface area contributed by atoms with E-state index in [9.17, 15) is 0 Å². The lowest BCUT2D eigenvalue weighted by Crippen LogP contribution is -2.00. The molecule has 0 amide bonds. The molecule has 0 radical (unpaired) electrons. The molecule has 0 aliphatic rings. The minimum atomic E-state index is 0.195. The van der Waals surface area contributed by atoms with Crippen LogP contribution in [0.4, 0.5) is 0 Å². The van der Waals surface area contributed by atoms with Gasteiger partial charge in [-0.15, -0.1) is 16.4 Å². The van der Waals surface area contributed by atoms with Crippen LogP contribution >= 0.6 is 27.3 Å². The Hall–Kier alpha value is -1.47. The van der Waals surface area contributed by atoms with Gasteiger partial charge in [0.05, 0.1) is 28.1 Å². The predicted molar refractivity (Wildman–Crippen MR) is 76.3 cm³/mol. The van der Waals surface area contributed by atoms with E-state index >= 15 is 0 Å². The number of hydrogen-bond donors (Lipinski definition) is 0. The summed E-state index contributed by atoms with van der Waals surface area (Å²) in [6.07, 6.45) is 1.90. The van der Waals surface area contributed by atoms with Crippen LogP contribution < -0.4 is 0 Å². The third-order valence-corrected chi connectivity index (χ3v) is 3.96. The van der Waals surface area contributed by atoms with Crippen LogP contribution in [0.15, 0.2) is 34.3 Å². The van der Waals surface area contributed by atoms with Crippen molar-refractivity contribution in [2.75, 3.05) is 0 Å². The average Bonchev–Trinajstić information content (AvgIpc) is 3.09. The molecule has 1 atom stereocenters. The fourth-order valence-electron chi connectivity index (χ4n) is 1.66. The van der Waals surface area contributed by atoms with Gasteiger partial charge in [0, 0.05) is 6.07 Å². The van der Waals surface area contributed by atoms with Crippen LogP contribution in [0.5, 0.6) is 0 Å². The smallest absolute Gasteiger partial charge is 0.177 e. The first kappa shape index (κ1) is 12.6. The van der Waals surface area contributed by atoms with Gasteiger partial charge in [0.1, 0.15) is 5.69 Å². The van der Waals surface area contributed by atoms with Crippen LogP contribution in [0, 0.1) is 0 Å². The molecule has 0 aliphatic carbocycles. The summed E-state index contributed by atoms with van der Waals surface area (Å²) in [5.41, 5.74) is 1.74. The van der Waals surface area contributed by atoms with Crippen molar-refractivity contribution in [2.24, 2.45) is 0 Å². The number of nitrogens with zero attached hydrogens (tertiary/aromatic N) is 4. The monoisotopic (exact) mass is 338 g/mol. The van der Waals surface area contributed by atoms with Gasteiger partial charge < -0.3 is 4.52 Å². The maximum absolute atomic E-state index is 5.33. The van der Waals surface area contributed by atoms with Crippen molar-refractivity contribution >= 4 is 27.3 Å². The number of thiophene rings is 1. The van der Waals surface area contributed by atoms with E-state index in [1.165, 1.54) is 0 Å². The molecule has 3 aromatic rings. The highest BCUT2D eigenvalue weighted by Gasteiger charge is 2.10. The molecule has 3 aromatic heterocycles. The molecule has 19 heavy (non-hydrogen) atoms. The van der Waals surface area contributed by atoms with Gasteiger partial charge in [-0.1, -0.05) is 32.4 Å². The van der Waals surface area contributed by atoms with Crippen LogP contribution in [0.3, 0.4) is 0 Å². The molecule has 3 rings (SSSR count). The maximum Gasteiger partial charge on any atom is 0.177 e. The highest BCUT2D eigenvalue weighted by atomic mass is 79.9. The second-order valence-electron chi connectivity index (χ2n) is 4.12.